The zero-order valence-electron chi connectivity index (χ0n) is 18.4. The van der Waals surface area contributed by atoms with Crippen molar-refractivity contribution in [1.82, 2.24) is 20.9 Å². The topological polar surface area (TPSA) is 68.8 Å². The van der Waals surface area contributed by atoms with Crippen molar-refractivity contribution in [3.63, 3.8) is 0 Å². The van der Waals surface area contributed by atoms with Gasteiger partial charge in [-0.2, -0.15) is 0 Å². The maximum Gasteiger partial charge on any atom is 0.234 e. The van der Waals surface area contributed by atoms with E-state index in [1.165, 1.54) is 12.0 Å². The number of halogens is 1. The lowest BCUT2D eigenvalue weighted by Gasteiger charge is -2.32. The van der Waals surface area contributed by atoms with Gasteiger partial charge >= 0.3 is 0 Å². The van der Waals surface area contributed by atoms with Gasteiger partial charge in [0.05, 0.1) is 6.54 Å². The third-order valence-corrected chi connectivity index (χ3v) is 5.85. The molecule has 0 bridgehead atoms. The van der Waals surface area contributed by atoms with E-state index in [0.29, 0.717) is 24.4 Å². The molecule has 1 saturated heterocycles. The van der Waals surface area contributed by atoms with E-state index in [9.17, 15) is 4.79 Å². The molecule has 1 aliphatic carbocycles. The van der Waals surface area contributed by atoms with E-state index in [1.807, 2.05) is 0 Å². The number of likely N-dealkylation sites (tertiary alicyclic amines) is 1. The fourth-order valence-corrected chi connectivity index (χ4v) is 4.04. The largest absolute Gasteiger partial charge is 0.357 e. The van der Waals surface area contributed by atoms with E-state index in [-0.39, 0.29) is 29.9 Å². The average molecular weight is 527 g/mol. The van der Waals surface area contributed by atoms with Crippen LogP contribution in [0.5, 0.6) is 0 Å². The Labute approximate surface area is 198 Å². The quantitative estimate of drug-likeness (QED) is 0.263. The van der Waals surface area contributed by atoms with Crippen molar-refractivity contribution in [2.45, 2.75) is 51.5 Å². The Bertz CT molecular complexity index is 661. The summed E-state index contributed by atoms with van der Waals surface area (Å²) in [6.07, 6.45) is 4.31. The molecular weight excluding hydrogens is 489 g/mol. The predicted octanol–water partition coefficient (Wildman–Crippen LogP) is 2.95. The van der Waals surface area contributed by atoms with Crippen LogP contribution in [0.2, 0.25) is 0 Å². The Balaban J connectivity index is 0.00000320. The molecular formula is C23H38IN5O. The minimum absolute atomic E-state index is 0. The number of amides is 1. The number of hydrogen-bond donors (Lipinski definition) is 3. The average Bonchev–Trinajstić information content (AvgIpc) is 3.52. The SMILES string of the molecule is CCCNC(=O)CN1CCC(NC(=NCC2CC2c2ccccc2)NCC)CC1.I. The van der Waals surface area contributed by atoms with Crippen LogP contribution in [0.3, 0.4) is 0 Å². The van der Waals surface area contributed by atoms with Crippen LogP contribution in [0.15, 0.2) is 35.3 Å². The van der Waals surface area contributed by atoms with Crippen LogP contribution >= 0.6 is 24.0 Å². The molecule has 7 heteroatoms. The van der Waals surface area contributed by atoms with Gasteiger partial charge in [0.1, 0.15) is 0 Å². The van der Waals surface area contributed by atoms with Crippen molar-refractivity contribution >= 4 is 35.8 Å². The number of nitrogens with one attached hydrogen (secondary N) is 3. The maximum atomic E-state index is 11.9. The summed E-state index contributed by atoms with van der Waals surface area (Å²) in [5.74, 6) is 2.41. The van der Waals surface area contributed by atoms with Crippen LogP contribution in [0.4, 0.5) is 0 Å². The number of rotatable bonds is 9. The lowest BCUT2D eigenvalue weighted by Crippen LogP contribution is -2.50. The smallest absolute Gasteiger partial charge is 0.234 e. The summed E-state index contributed by atoms with van der Waals surface area (Å²) in [4.78, 5) is 19.0. The van der Waals surface area contributed by atoms with Crippen LogP contribution in [-0.4, -0.2) is 62.1 Å². The molecule has 0 spiro atoms. The van der Waals surface area contributed by atoms with Crippen LogP contribution < -0.4 is 16.0 Å². The molecule has 1 aromatic rings. The van der Waals surface area contributed by atoms with Gasteiger partial charge < -0.3 is 16.0 Å². The van der Waals surface area contributed by atoms with Gasteiger partial charge in [0.25, 0.3) is 0 Å². The van der Waals surface area contributed by atoms with Gasteiger partial charge in [-0.3, -0.25) is 14.7 Å². The lowest BCUT2D eigenvalue weighted by atomic mass is 10.1. The predicted molar refractivity (Wildman–Crippen MR) is 135 cm³/mol. The first kappa shape index (κ1) is 24.9. The second-order valence-corrected chi connectivity index (χ2v) is 8.28. The summed E-state index contributed by atoms with van der Waals surface area (Å²) in [5, 5.41) is 9.97. The molecule has 6 nitrogen and oxygen atoms in total. The molecule has 2 unspecified atom stereocenters. The fourth-order valence-electron chi connectivity index (χ4n) is 4.04. The van der Waals surface area contributed by atoms with Crippen molar-refractivity contribution < 1.29 is 4.79 Å². The molecule has 2 atom stereocenters. The van der Waals surface area contributed by atoms with Gasteiger partial charge in [0.15, 0.2) is 5.96 Å². The van der Waals surface area contributed by atoms with Gasteiger partial charge in [-0.25, -0.2) is 0 Å². The number of aliphatic imine (C=N–C) groups is 1. The maximum absolute atomic E-state index is 11.9. The standard InChI is InChI=1S/C23H37N5O.HI/c1-3-12-25-22(29)17-28-13-10-20(11-14-28)27-23(24-4-2)26-16-19-15-21(19)18-8-6-5-7-9-18;/h5-9,19-21H,3-4,10-17H2,1-2H3,(H,25,29)(H2,24,26,27);1H. The Morgan fingerprint density at radius 1 is 1.13 bits per heavy atom. The normalized spacial score (nSPS) is 22.1. The third-order valence-electron chi connectivity index (χ3n) is 5.85. The molecule has 1 aliphatic heterocycles. The van der Waals surface area contributed by atoms with Gasteiger partial charge in [0, 0.05) is 38.8 Å². The molecule has 30 heavy (non-hydrogen) atoms. The minimum atomic E-state index is 0. The van der Waals surface area contributed by atoms with Crippen molar-refractivity contribution in [3.05, 3.63) is 35.9 Å². The van der Waals surface area contributed by atoms with Gasteiger partial charge in [0.2, 0.25) is 5.91 Å². The van der Waals surface area contributed by atoms with Crippen molar-refractivity contribution in [3.8, 4) is 0 Å². The zero-order valence-corrected chi connectivity index (χ0v) is 20.7. The molecule has 3 N–H and O–H groups in total. The number of hydrogen-bond acceptors (Lipinski definition) is 3. The Hall–Kier alpha value is -1.35. The highest BCUT2D eigenvalue weighted by molar-refractivity contribution is 14.0. The highest BCUT2D eigenvalue weighted by Crippen LogP contribution is 2.47. The number of carbonyl (C=O) groups is 1. The first-order valence-electron chi connectivity index (χ1n) is 11.3. The zero-order chi connectivity index (χ0) is 20.5. The summed E-state index contributed by atoms with van der Waals surface area (Å²) in [6, 6.07) is 11.2. The lowest BCUT2D eigenvalue weighted by molar-refractivity contribution is -0.122. The van der Waals surface area contributed by atoms with Gasteiger partial charge in [-0.1, -0.05) is 37.3 Å². The molecule has 2 fully saturated rings. The molecule has 1 aromatic carbocycles. The molecule has 3 rings (SSSR count). The van der Waals surface area contributed by atoms with Gasteiger partial charge in [-0.15, -0.1) is 24.0 Å². The number of nitrogens with zero attached hydrogens (tertiary/aromatic N) is 2. The highest BCUT2D eigenvalue weighted by atomic mass is 127. The second-order valence-electron chi connectivity index (χ2n) is 8.28. The van der Waals surface area contributed by atoms with Crippen molar-refractivity contribution in [2.24, 2.45) is 10.9 Å². The number of piperidine rings is 1. The molecule has 1 amide bonds. The molecule has 1 saturated carbocycles. The van der Waals surface area contributed by atoms with Crippen LogP contribution in [0.25, 0.3) is 0 Å². The Kier molecular flexibility index (Phi) is 10.9. The van der Waals surface area contributed by atoms with E-state index in [1.54, 1.807) is 0 Å². The Morgan fingerprint density at radius 2 is 1.87 bits per heavy atom. The van der Waals surface area contributed by atoms with E-state index >= 15 is 0 Å². The summed E-state index contributed by atoms with van der Waals surface area (Å²) in [7, 11) is 0. The van der Waals surface area contributed by atoms with Crippen LogP contribution in [-0.2, 0) is 4.79 Å². The van der Waals surface area contributed by atoms with E-state index in [0.717, 1.165) is 57.9 Å². The van der Waals surface area contributed by atoms with E-state index < -0.39 is 0 Å². The first-order chi connectivity index (χ1) is 14.2. The molecule has 0 aromatic heterocycles. The molecule has 1 heterocycles. The Morgan fingerprint density at radius 3 is 2.53 bits per heavy atom. The monoisotopic (exact) mass is 527 g/mol. The fraction of sp³-hybridized carbons (Fsp3) is 0.652. The van der Waals surface area contributed by atoms with Crippen LogP contribution in [0.1, 0.15) is 51.0 Å². The third kappa shape index (κ3) is 8.06. The number of benzene rings is 1. The number of carbonyl (C=O) groups excluding carboxylic acids is 1. The summed E-state index contributed by atoms with van der Waals surface area (Å²) in [6.45, 7) is 9.13. The van der Waals surface area contributed by atoms with Crippen LogP contribution in [0, 0.1) is 5.92 Å². The summed E-state index contributed by atoms with van der Waals surface area (Å²) in [5.41, 5.74) is 1.45. The minimum Gasteiger partial charge on any atom is -0.357 e. The molecule has 0 radical (unpaired) electrons. The van der Waals surface area contributed by atoms with Gasteiger partial charge in [-0.05, 0) is 50.0 Å². The summed E-state index contributed by atoms with van der Waals surface area (Å²) >= 11 is 0. The first-order valence-corrected chi connectivity index (χ1v) is 11.3. The second kappa shape index (κ2) is 13.1. The molecule has 2 aliphatic rings. The molecule has 168 valence electrons. The summed E-state index contributed by atoms with van der Waals surface area (Å²) < 4.78 is 0. The van der Waals surface area contributed by atoms with Crippen molar-refractivity contribution in [1.29, 1.82) is 0 Å². The highest BCUT2D eigenvalue weighted by Gasteiger charge is 2.37. The van der Waals surface area contributed by atoms with Crippen molar-refractivity contribution in [2.75, 3.05) is 39.3 Å². The van der Waals surface area contributed by atoms with E-state index in [4.69, 9.17) is 4.99 Å². The van der Waals surface area contributed by atoms with E-state index in [2.05, 4.69) is 65.0 Å². The number of guanidine groups is 1.